The van der Waals surface area contributed by atoms with Crippen LogP contribution < -0.4 is 10.1 Å². The lowest BCUT2D eigenvalue weighted by atomic mass is 9.85. The molecule has 166 valence electrons. The molecular weight excluding hydrogens is 404 g/mol. The summed E-state index contributed by atoms with van der Waals surface area (Å²) in [6.45, 7) is 4.26. The van der Waals surface area contributed by atoms with Crippen LogP contribution in [0, 0.1) is 0 Å². The molecule has 0 radical (unpaired) electrons. The molecule has 1 amide bonds. The molecule has 3 heterocycles. The number of fused-ring (bicyclic) bond motifs is 1. The van der Waals surface area contributed by atoms with Gasteiger partial charge in [0.05, 0.1) is 29.5 Å². The summed E-state index contributed by atoms with van der Waals surface area (Å²) in [5.74, 6) is 0.715. The van der Waals surface area contributed by atoms with Crippen molar-refractivity contribution in [3.05, 3.63) is 54.4 Å². The quantitative estimate of drug-likeness (QED) is 0.623. The van der Waals surface area contributed by atoms with Crippen molar-refractivity contribution in [3.8, 4) is 17.0 Å². The minimum absolute atomic E-state index is 0.0949. The average molecular weight is 433 g/mol. The molecule has 0 spiro atoms. The van der Waals surface area contributed by atoms with Crippen LogP contribution in [0.1, 0.15) is 36.5 Å². The van der Waals surface area contributed by atoms with Crippen molar-refractivity contribution in [2.24, 2.45) is 0 Å². The van der Waals surface area contributed by atoms with Crippen LogP contribution >= 0.6 is 0 Å². The molecule has 7 nitrogen and oxygen atoms in total. The number of carbonyl (C=O) groups excluding carboxylic acids is 1. The van der Waals surface area contributed by atoms with Crippen molar-refractivity contribution in [2.75, 3.05) is 19.7 Å². The van der Waals surface area contributed by atoms with Crippen LogP contribution in [-0.4, -0.2) is 63.8 Å². The van der Waals surface area contributed by atoms with Gasteiger partial charge in [0, 0.05) is 48.5 Å². The van der Waals surface area contributed by atoms with E-state index in [1.807, 2.05) is 43.3 Å². The lowest BCUT2D eigenvalue weighted by Crippen LogP contribution is -2.53. The van der Waals surface area contributed by atoms with Gasteiger partial charge in [-0.15, -0.1) is 0 Å². The van der Waals surface area contributed by atoms with Crippen LogP contribution in [0.15, 0.2) is 48.8 Å². The fraction of sp³-hybridized carbons (Fsp3) is 0.400. The maximum absolute atomic E-state index is 13.2. The number of aromatic nitrogens is 2. The zero-order valence-electron chi connectivity index (χ0n) is 18.2. The highest BCUT2D eigenvalue weighted by Gasteiger charge is 2.37. The molecule has 0 bridgehead atoms. The summed E-state index contributed by atoms with van der Waals surface area (Å²) in [5, 5.41) is 13.7. The molecule has 5 rings (SSSR count). The number of likely N-dealkylation sites (tertiary alicyclic amines) is 1. The molecule has 1 saturated heterocycles. The van der Waals surface area contributed by atoms with Crippen molar-refractivity contribution < 1.29 is 14.6 Å². The first-order valence-electron chi connectivity index (χ1n) is 11.3. The van der Waals surface area contributed by atoms with Gasteiger partial charge < -0.3 is 15.2 Å². The Morgan fingerprint density at radius 3 is 2.78 bits per heavy atom. The molecule has 32 heavy (non-hydrogen) atoms. The highest BCUT2D eigenvalue weighted by molar-refractivity contribution is 6.07. The molecule has 2 aliphatic rings. The number of carbonyl (C=O) groups is 1. The molecule has 1 aliphatic carbocycles. The molecule has 1 aromatic carbocycles. The van der Waals surface area contributed by atoms with Crippen molar-refractivity contribution in [1.82, 2.24) is 20.2 Å². The third-order valence-corrected chi connectivity index (χ3v) is 6.48. The van der Waals surface area contributed by atoms with Gasteiger partial charge >= 0.3 is 0 Å². The van der Waals surface area contributed by atoms with E-state index >= 15 is 0 Å². The van der Waals surface area contributed by atoms with Gasteiger partial charge in [-0.25, -0.2) is 4.98 Å². The molecule has 1 aliphatic heterocycles. The van der Waals surface area contributed by atoms with E-state index in [-0.39, 0.29) is 18.1 Å². The first-order valence-corrected chi connectivity index (χ1v) is 11.3. The molecule has 1 saturated carbocycles. The summed E-state index contributed by atoms with van der Waals surface area (Å²) in [6.07, 6.45) is 5.88. The Bertz CT molecular complexity index is 1110. The molecular formula is C25H28N4O3. The van der Waals surface area contributed by atoms with Crippen molar-refractivity contribution in [2.45, 2.75) is 44.4 Å². The number of hydrogen-bond acceptors (Lipinski definition) is 6. The summed E-state index contributed by atoms with van der Waals surface area (Å²) < 4.78 is 5.53. The second-order valence-electron chi connectivity index (χ2n) is 8.64. The first-order chi connectivity index (χ1) is 15.6. The molecule has 0 unspecified atom stereocenters. The van der Waals surface area contributed by atoms with E-state index in [1.54, 1.807) is 12.4 Å². The monoisotopic (exact) mass is 432 g/mol. The Kier molecular flexibility index (Phi) is 5.76. The number of nitrogens with one attached hydrogen (secondary N) is 1. The largest absolute Gasteiger partial charge is 0.494 e. The number of pyridine rings is 2. The summed E-state index contributed by atoms with van der Waals surface area (Å²) in [6, 6.07) is 12.0. The molecule has 2 N–H and O–H groups in total. The summed E-state index contributed by atoms with van der Waals surface area (Å²) in [4.78, 5) is 24.5. The molecule has 2 fully saturated rings. The van der Waals surface area contributed by atoms with Crippen LogP contribution in [0.2, 0.25) is 0 Å². The predicted octanol–water partition coefficient (Wildman–Crippen LogP) is 3.02. The Morgan fingerprint density at radius 1 is 1.25 bits per heavy atom. The lowest BCUT2D eigenvalue weighted by molar-refractivity contribution is 0.0777. The van der Waals surface area contributed by atoms with Crippen molar-refractivity contribution in [3.63, 3.8) is 0 Å². The van der Waals surface area contributed by atoms with Gasteiger partial charge in [0.25, 0.3) is 5.91 Å². The number of aliphatic hydroxyl groups is 1. The van der Waals surface area contributed by atoms with Gasteiger partial charge in [-0.05, 0) is 62.6 Å². The second kappa shape index (κ2) is 8.84. The zero-order valence-corrected chi connectivity index (χ0v) is 18.2. The van der Waals surface area contributed by atoms with Gasteiger partial charge in [0.1, 0.15) is 5.75 Å². The van der Waals surface area contributed by atoms with Crippen molar-refractivity contribution >= 4 is 16.8 Å². The Morgan fingerprint density at radius 2 is 2.06 bits per heavy atom. The average Bonchev–Trinajstić information content (AvgIpc) is 3.21. The van der Waals surface area contributed by atoms with Crippen LogP contribution in [0.4, 0.5) is 0 Å². The van der Waals surface area contributed by atoms with E-state index in [4.69, 9.17) is 9.72 Å². The fourth-order valence-electron chi connectivity index (χ4n) is 4.66. The number of hydrogen-bond donors (Lipinski definition) is 2. The second-order valence-corrected chi connectivity index (χ2v) is 8.64. The van der Waals surface area contributed by atoms with E-state index < -0.39 is 0 Å². The van der Waals surface area contributed by atoms with E-state index in [0.717, 1.165) is 60.3 Å². The number of β-amino-alcohol motifs (C(OH)–C–C–N with tert-alkyl or cyclic N) is 1. The Balaban J connectivity index is 1.35. The first kappa shape index (κ1) is 20.8. The van der Waals surface area contributed by atoms with Crippen molar-refractivity contribution in [1.29, 1.82) is 0 Å². The van der Waals surface area contributed by atoms with Gasteiger partial charge in [-0.2, -0.15) is 0 Å². The topological polar surface area (TPSA) is 87.6 Å². The van der Waals surface area contributed by atoms with Gasteiger partial charge in [0.15, 0.2) is 0 Å². The summed E-state index contributed by atoms with van der Waals surface area (Å²) >= 11 is 0. The minimum Gasteiger partial charge on any atom is -0.494 e. The van der Waals surface area contributed by atoms with Crippen LogP contribution in [-0.2, 0) is 0 Å². The Labute approximate surface area is 187 Å². The van der Waals surface area contributed by atoms with E-state index in [0.29, 0.717) is 18.2 Å². The summed E-state index contributed by atoms with van der Waals surface area (Å²) in [5.41, 5.74) is 3.01. The standard InChI is InChI=1S/C25H28N4O3/c1-2-32-20-5-3-16(4-6-20)24-13-21(22-14-26-9-7-23(22)28-24)25(31)27-17-11-18(12-17)29-10-8-19(30)15-29/h3-7,9,13-14,17-19,30H,2,8,10-12,15H2,1H3,(H,27,31)/t17?,18?,19-/m0/s1. The molecule has 1 atom stereocenters. The van der Waals surface area contributed by atoms with E-state index in [2.05, 4.69) is 15.2 Å². The van der Waals surface area contributed by atoms with E-state index in [1.165, 1.54) is 0 Å². The Hall–Kier alpha value is -3.03. The molecule has 7 heteroatoms. The number of benzene rings is 1. The summed E-state index contributed by atoms with van der Waals surface area (Å²) in [7, 11) is 0. The maximum Gasteiger partial charge on any atom is 0.252 e. The number of aliphatic hydroxyl groups excluding tert-OH is 1. The van der Waals surface area contributed by atoms with Crippen LogP contribution in [0.5, 0.6) is 5.75 Å². The van der Waals surface area contributed by atoms with Gasteiger partial charge in [0.2, 0.25) is 0 Å². The highest BCUT2D eigenvalue weighted by Crippen LogP contribution is 2.30. The smallest absolute Gasteiger partial charge is 0.252 e. The van der Waals surface area contributed by atoms with Gasteiger partial charge in [-0.3, -0.25) is 14.7 Å². The van der Waals surface area contributed by atoms with E-state index in [9.17, 15) is 9.90 Å². The third-order valence-electron chi connectivity index (χ3n) is 6.48. The fourth-order valence-corrected chi connectivity index (χ4v) is 4.66. The highest BCUT2D eigenvalue weighted by atomic mass is 16.5. The minimum atomic E-state index is -0.208. The lowest BCUT2D eigenvalue weighted by Gasteiger charge is -2.41. The predicted molar refractivity (Wildman–Crippen MR) is 123 cm³/mol. The van der Waals surface area contributed by atoms with Gasteiger partial charge in [-0.1, -0.05) is 0 Å². The SMILES string of the molecule is CCOc1ccc(-c2cc(C(=O)NC3CC(N4CC[C@H](O)C4)C3)c3cnccc3n2)cc1. The molecule has 3 aromatic rings. The van der Waals surface area contributed by atoms with Crippen LogP contribution in [0.3, 0.4) is 0 Å². The molecule has 2 aromatic heterocycles. The normalized spacial score (nSPS) is 23.1. The number of ether oxygens (including phenoxy) is 1. The number of rotatable bonds is 6. The number of amides is 1. The number of nitrogens with zero attached hydrogens (tertiary/aromatic N) is 3. The maximum atomic E-state index is 13.2. The van der Waals surface area contributed by atoms with Crippen LogP contribution in [0.25, 0.3) is 22.2 Å². The third kappa shape index (κ3) is 4.18. The zero-order chi connectivity index (χ0) is 22.1.